The smallest absolute Gasteiger partial charge is 0.184 e. The molecule has 0 bridgehead atoms. The molecule has 0 radical (unpaired) electrons. The summed E-state index contributed by atoms with van der Waals surface area (Å²) in [6.07, 6.45) is 16.8. The standard InChI is InChI=1S/C31H54OSi/c1-21(2)11-10-12-22(3)25-15-16-27-24-13-14-26-23(4)29(32-33(7,8)9)18-20-31(26,6)28(24)17-19-30(25,27)5/h11,22-23,25-27,29H,10,12-20H2,1-9H3/t22-,23?,25-,26?,27+,29?,30-,31+/m1/s1. The van der Waals surface area contributed by atoms with Crippen molar-refractivity contribution >= 4 is 8.32 Å². The molecule has 0 spiro atoms. The van der Waals surface area contributed by atoms with Crippen LogP contribution in [0, 0.1) is 40.4 Å². The van der Waals surface area contributed by atoms with E-state index in [4.69, 9.17) is 4.43 Å². The van der Waals surface area contributed by atoms with Crippen LogP contribution in [0.4, 0.5) is 0 Å². The molecule has 0 aromatic rings. The maximum atomic E-state index is 6.71. The number of hydrogen-bond acceptors (Lipinski definition) is 1. The summed E-state index contributed by atoms with van der Waals surface area (Å²) in [7, 11) is -1.48. The Bertz CT molecular complexity index is 783. The van der Waals surface area contributed by atoms with Crippen LogP contribution in [0.2, 0.25) is 19.6 Å². The van der Waals surface area contributed by atoms with Gasteiger partial charge in [0.1, 0.15) is 0 Å². The highest BCUT2D eigenvalue weighted by atomic mass is 28.4. The summed E-state index contributed by atoms with van der Waals surface area (Å²) in [6, 6.07) is 0. The summed E-state index contributed by atoms with van der Waals surface area (Å²) in [4.78, 5) is 0. The molecule has 4 aliphatic rings. The molecule has 8 atom stereocenters. The summed E-state index contributed by atoms with van der Waals surface area (Å²) in [5, 5.41) is 0. The van der Waals surface area contributed by atoms with Gasteiger partial charge in [0.2, 0.25) is 0 Å². The van der Waals surface area contributed by atoms with Crippen molar-refractivity contribution in [1.29, 1.82) is 0 Å². The lowest BCUT2D eigenvalue weighted by molar-refractivity contribution is -0.0252. The topological polar surface area (TPSA) is 9.23 Å². The monoisotopic (exact) mass is 470 g/mol. The molecule has 4 rings (SSSR count). The van der Waals surface area contributed by atoms with E-state index in [0.717, 1.165) is 23.7 Å². The minimum Gasteiger partial charge on any atom is -0.414 e. The first kappa shape index (κ1) is 25.7. The van der Waals surface area contributed by atoms with E-state index in [2.05, 4.69) is 67.3 Å². The molecule has 0 aliphatic heterocycles. The molecule has 0 aromatic carbocycles. The molecule has 2 saturated carbocycles. The van der Waals surface area contributed by atoms with E-state index in [1.165, 1.54) is 69.8 Å². The molecule has 188 valence electrons. The van der Waals surface area contributed by atoms with Gasteiger partial charge in [-0.25, -0.2) is 0 Å². The SMILES string of the molecule is CC(C)=CCC[C@@H](C)[C@H]1CC[C@H]2C3=C(CC[C@]12C)[C@@]1(C)CCC(O[Si](C)(C)C)C(C)C1CC3. The summed E-state index contributed by atoms with van der Waals surface area (Å²) in [6.45, 7) is 22.1. The summed E-state index contributed by atoms with van der Waals surface area (Å²) >= 11 is 0. The highest BCUT2D eigenvalue weighted by Gasteiger charge is 2.57. The van der Waals surface area contributed by atoms with E-state index in [1.807, 2.05) is 11.1 Å². The molecule has 0 N–H and O–H groups in total. The zero-order valence-electron chi connectivity index (χ0n) is 23.5. The van der Waals surface area contributed by atoms with E-state index < -0.39 is 8.32 Å². The second kappa shape index (κ2) is 9.27. The Labute approximate surface area is 207 Å². The van der Waals surface area contributed by atoms with E-state index in [1.54, 1.807) is 0 Å². The van der Waals surface area contributed by atoms with Crippen LogP contribution in [0.15, 0.2) is 22.8 Å². The molecule has 33 heavy (non-hydrogen) atoms. The fourth-order valence-electron chi connectivity index (χ4n) is 9.33. The summed E-state index contributed by atoms with van der Waals surface area (Å²) < 4.78 is 6.71. The van der Waals surface area contributed by atoms with Crippen molar-refractivity contribution in [1.82, 2.24) is 0 Å². The van der Waals surface area contributed by atoms with Crippen LogP contribution in [0.25, 0.3) is 0 Å². The molecular weight excluding hydrogens is 416 g/mol. The first-order valence-corrected chi connectivity index (χ1v) is 17.8. The van der Waals surface area contributed by atoms with Gasteiger partial charge in [-0.3, -0.25) is 0 Å². The molecule has 0 saturated heterocycles. The molecule has 0 amide bonds. The molecule has 0 aromatic heterocycles. The Hall–Kier alpha value is -0.343. The van der Waals surface area contributed by atoms with E-state index in [0.29, 0.717) is 22.9 Å². The van der Waals surface area contributed by atoms with Gasteiger partial charge in [0.25, 0.3) is 0 Å². The van der Waals surface area contributed by atoms with Crippen molar-refractivity contribution in [2.24, 2.45) is 40.4 Å². The quantitative estimate of drug-likeness (QED) is 0.277. The predicted molar refractivity (Wildman–Crippen MR) is 146 cm³/mol. The summed E-state index contributed by atoms with van der Waals surface area (Å²) in [5.74, 6) is 4.20. The third-order valence-electron chi connectivity index (χ3n) is 10.9. The first-order chi connectivity index (χ1) is 15.4. The van der Waals surface area contributed by atoms with Gasteiger partial charge in [0.15, 0.2) is 8.32 Å². The van der Waals surface area contributed by atoms with Crippen molar-refractivity contribution in [3.63, 3.8) is 0 Å². The van der Waals surface area contributed by atoms with Crippen LogP contribution >= 0.6 is 0 Å². The van der Waals surface area contributed by atoms with Crippen LogP contribution < -0.4 is 0 Å². The maximum Gasteiger partial charge on any atom is 0.184 e. The first-order valence-electron chi connectivity index (χ1n) is 14.4. The van der Waals surface area contributed by atoms with Gasteiger partial charge in [0, 0.05) is 6.10 Å². The highest BCUT2D eigenvalue weighted by Crippen LogP contribution is 2.66. The summed E-state index contributed by atoms with van der Waals surface area (Å²) in [5.41, 5.74) is 6.38. The van der Waals surface area contributed by atoms with Crippen LogP contribution in [-0.2, 0) is 4.43 Å². The molecule has 0 heterocycles. The van der Waals surface area contributed by atoms with Gasteiger partial charge >= 0.3 is 0 Å². The number of allylic oxidation sites excluding steroid dienone is 4. The lowest BCUT2D eigenvalue weighted by atomic mass is 9.49. The minimum atomic E-state index is -1.48. The molecular formula is C31H54OSi. The Morgan fingerprint density at radius 3 is 2.45 bits per heavy atom. The van der Waals surface area contributed by atoms with Gasteiger partial charge in [-0.1, -0.05) is 50.5 Å². The van der Waals surface area contributed by atoms with Crippen molar-refractivity contribution < 1.29 is 4.43 Å². The number of hydrogen-bond donors (Lipinski definition) is 0. The van der Waals surface area contributed by atoms with Crippen molar-refractivity contribution in [2.45, 2.75) is 131 Å². The Morgan fingerprint density at radius 1 is 1.06 bits per heavy atom. The largest absolute Gasteiger partial charge is 0.414 e. The number of rotatable bonds is 6. The van der Waals surface area contributed by atoms with E-state index in [9.17, 15) is 0 Å². The fraction of sp³-hybridized carbons (Fsp3) is 0.871. The fourth-order valence-corrected chi connectivity index (χ4v) is 10.6. The third kappa shape index (κ3) is 4.74. The molecule has 4 aliphatic carbocycles. The number of fused-ring (bicyclic) bond motifs is 4. The lowest BCUT2D eigenvalue weighted by Gasteiger charge is -2.57. The minimum absolute atomic E-state index is 0.445. The van der Waals surface area contributed by atoms with Crippen molar-refractivity contribution in [3.8, 4) is 0 Å². The van der Waals surface area contributed by atoms with Gasteiger partial charge < -0.3 is 4.43 Å². The Balaban J connectivity index is 1.53. The van der Waals surface area contributed by atoms with Crippen LogP contribution in [0.1, 0.15) is 106 Å². The molecule has 3 unspecified atom stereocenters. The van der Waals surface area contributed by atoms with Crippen molar-refractivity contribution in [2.75, 3.05) is 0 Å². The molecule has 1 nitrogen and oxygen atoms in total. The van der Waals surface area contributed by atoms with Crippen molar-refractivity contribution in [3.05, 3.63) is 22.8 Å². The van der Waals surface area contributed by atoms with Crippen LogP contribution in [0.5, 0.6) is 0 Å². The molecule has 2 fully saturated rings. The second-order valence-electron chi connectivity index (χ2n) is 14.3. The van der Waals surface area contributed by atoms with E-state index >= 15 is 0 Å². The Kier molecular flexibility index (Phi) is 7.23. The second-order valence-corrected chi connectivity index (χ2v) is 18.8. The highest BCUT2D eigenvalue weighted by molar-refractivity contribution is 6.69. The molecule has 2 heteroatoms. The van der Waals surface area contributed by atoms with Gasteiger partial charge in [0.05, 0.1) is 0 Å². The average molecular weight is 471 g/mol. The lowest BCUT2D eigenvalue weighted by Crippen LogP contribution is -2.51. The van der Waals surface area contributed by atoms with Gasteiger partial charge in [-0.2, -0.15) is 0 Å². The Morgan fingerprint density at radius 2 is 1.79 bits per heavy atom. The van der Waals surface area contributed by atoms with E-state index in [-0.39, 0.29) is 0 Å². The van der Waals surface area contributed by atoms with Gasteiger partial charge in [-0.15, -0.1) is 0 Å². The van der Waals surface area contributed by atoms with Crippen LogP contribution in [-0.4, -0.2) is 14.4 Å². The zero-order valence-corrected chi connectivity index (χ0v) is 24.5. The third-order valence-corrected chi connectivity index (χ3v) is 11.9. The average Bonchev–Trinajstić information content (AvgIpc) is 3.06. The zero-order chi connectivity index (χ0) is 24.2. The maximum absolute atomic E-state index is 6.71. The normalized spacial score (nSPS) is 41.8. The van der Waals surface area contributed by atoms with Crippen LogP contribution in [0.3, 0.4) is 0 Å². The van der Waals surface area contributed by atoms with Gasteiger partial charge in [-0.05, 0) is 138 Å². The predicted octanol–water partition coefficient (Wildman–Crippen LogP) is 9.56.